The highest BCUT2D eigenvalue weighted by Crippen LogP contribution is 2.43. The quantitative estimate of drug-likeness (QED) is 0.651. The molecule has 0 fully saturated rings. The first-order valence-electron chi connectivity index (χ1n) is 7.27. The van der Waals surface area contributed by atoms with Gasteiger partial charge in [-0.2, -0.15) is 0 Å². The SMILES string of the molecule is CC(C)C1=C[SH](CC(C)c2csc3ccccc23)C=C1. The van der Waals surface area contributed by atoms with Gasteiger partial charge in [0.25, 0.3) is 0 Å². The van der Waals surface area contributed by atoms with Gasteiger partial charge in [-0.1, -0.05) is 45.0 Å². The van der Waals surface area contributed by atoms with Crippen LogP contribution >= 0.6 is 22.2 Å². The third kappa shape index (κ3) is 2.72. The molecule has 1 aliphatic rings. The van der Waals surface area contributed by atoms with Gasteiger partial charge in [-0.15, -0.1) is 11.3 Å². The lowest BCUT2D eigenvalue weighted by molar-refractivity contribution is 0.795. The van der Waals surface area contributed by atoms with E-state index in [4.69, 9.17) is 0 Å². The fourth-order valence-corrected chi connectivity index (χ4v) is 6.07. The average molecular weight is 303 g/mol. The summed E-state index contributed by atoms with van der Waals surface area (Å²) < 4.78 is 1.42. The van der Waals surface area contributed by atoms with Crippen LogP contribution < -0.4 is 0 Å². The lowest BCUT2D eigenvalue weighted by Crippen LogP contribution is -1.97. The molecular weight excluding hydrogens is 280 g/mol. The van der Waals surface area contributed by atoms with Crippen LogP contribution in [0.1, 0.15) is 32.3 Å². The molecule has 1 aromatic heterocycles. The molecule has 2 aromatic rings. The van der Waals surface area contributed by atoms with Crippen molar-refractivity contribution in [3.63, 3.8) is 0 Å². The van der Waals surface area contributed by atoms with Gasteiger partial charge in [0.1, 0.15) is 0 Å². The standard InChI is InChI=1S/C18H22S2/c1-13(2)15-8-9-20(12-15)11-14(3)17-10-19-18-7-5-4-6-16(17)18/h4-10,12-14,20H,11H2,1-3H3. The first-order valence-corrected chi connectivity index (χ1v) is 9.81. The van der Waals surface area contributed by atoms with Crippen LogP contribution in [0.15, 0.2) is 52.1 Å². The second-order valence-electron chi connectivity index (χ2n) is 5.88. The first-order chi connectivity index (χ1) is 9.65. The van der Waals surface area contributed by atoms with E-state index in [0.717, 1.165) is 0 Å². The average Bonchev–Trinajstić information content (AvgIpc) is 3.04. The Bertz CT molecular complexity index is 661. The van der Waals surface area contributed by atoms with Gasteiger partial charge in [0.05, 0.1) is 0 Å². The maximum atomic E-state index is 2.52. The smallest absolute Gasteiger partial charge is 0.0345 e. The number of allylic oxidation sites excluding steroid dienone is 2. The van der Waals surface area contributed by atoms with Crippen molar-refractivity contribution in [2.45, 2.75) is 26.7 Å². The number of benzene rings is 1. The number of rotatable bonds is 4. The zero-order valence-electron chi connectivity index (χ0n) is 12.3. The summed E-state index contributed by atoms with van der Waals surface area (Å²) in [7, 11) is -0.0544. The fraction of sp³-hybridized carbons (Fsp3) is 0.333. The number of hydrogen-bond acceptors (Lipinski definition) is 1. The maximum Gasteiger partial charge on any atom is 0.0345 e. The minimum absolute atomic E-state index is 0.0544. The molecule has 2 heterocycles. The van der Waals surface area contributed by atoms with Gasteiger partial charge in [-0.3, -0.25) is 0 Å². The van der Waals surface area contributed by atoms with Crippen molar-refractivity contribution >= 4 is 32.3 Å². The molecule has 0 nitrogen and oxygen atoms in total. The van der Waals surface area contributed by atoms with E-state index in [9.17, 15) is 0 Å². The van der Waals surface area contributed by atoms with Crippen LogP contribution in [0.4, 0.5) is 0 Å². The van der Waals surface area contributed by atoms with Crippen LogP contribution in [-0.4, -0.2) is 5.75 Å². The van der Waals surface area contributed by atoms with Gasteiger partial charge < -0.3 is 0 Å². The predicted molar refractivity (Wildman–Crippen MR) is 96.2 cm³/mol. The zero-order valence-corrected chi connectivity index (χ0v) is 14.0. The van der Waals surface area contributed by atoms with Crippen LogP contribution in [0.3, 0.4) is 0 Å². The zero-order chi connectivity index (χ0) is 14.1. The summed E-state index contributed by atoms with van der Waals surface area (Å²) in [4.78, 5) is 0. The second kappa shape index (κ2) is 5.79. The highest BCUT2D eigenvalue weighted by Gasteiger charge is 2.16. The topological polar surface area (TPSA) is 0 Å². The molecule has 0 amide bonds. The Labute approximate surface area is 128 Å². The molecule has 20 heavy (non-hydrogen) atoms. The molecule has 0 radical (unpaired) electrons. The number of thiol groups is 1. The van der Waals surface area contributed by atoms with E-state index in [-0.39, 0.29) is 10.9 Å². The minimum Gasteiger partial charge on any atom is -0.212 e. The van der Waals surface area contributed by atoms with Crippen molar-refractivity contribution in [2.24, 2.45) is 5.92 Å². The van der Waals surface area contributed by atoms with E-state index in [1.54, 1.807) is 0 Å². The van der Waals surface area contributed by atoms with Gasteiger partial charge in [-0.05, 0) is 56.4 Å². The Balaban J connectivity index is 1.77. The molecule has 3 rings (SSSR count). The Morgan fingerprint density at radius 1 is 1.15 bits per heavy atom. The van der Waals surface area contributed by atoms with E-state index in [1.165, 1.54) is 27.0 Å². The summed E-state index contributed by atoms with van der Waals surface area (Å²) in [6, 6.07) is 8.79. The summed E-state index contributed by atoms with van der Waals surface area (Å²) in [5.74, 6) is 2.59. The largest absolute Gasteiger partial charge is 0.212 e. The summed E-state index contributed by atoms with van der Waals surface area (Å²) >= 11 is 1.88. The second-order valence-corrected chi connectivity index (χ2v) is 8.75. The normalized spacial score (nSPS) is 21.6. The van der Waals surface area contributed by atoms with Gasteiger partial charge in [0.2, 0.25) is 0 Å². The molecule has 0 aliphatic carbocycles. The van der Waals surface area contributed by atoms with Crippen LogP contribution in [0, 0.1) is 5.92 Å². The summed E-state index contributed by atoms with van der Waals surface area (Å²) in [5.41, 5.74) is 3.06. The number of fused-ring (bicyclic) bond motifs is 1. The lowest BCUT2D eigenvalue weighted by atomic mass is 10.0. The molecule has 1 aromatic carbocycles. The Kier molecular flexibility index (Phi) is 4.04. The van der Waals surface area contributed by atoms with Crippen molar-refractivity contribution in [3.05, 3.63) is 57.7 Å². The van der Waals surface area contributed by atoms with E-state index < -0.39 is 0 Å². The molecule has 0 N–H and O–H groups in total. The minimum atomic E-state index is -0.0544. The highest BCUT2D eigenvalue weighted by molar-refractivity contribution is 8.22. The summed E-state index contributed by atoms with van der Waals surface area (Å²) in [5, 5.41) is 8.77. The molecule has 2 atom stereocenters. The van der Waals surface area contributed by atoms with Crippen LogP contribution in [-0.2, 0) is 0 Å². The third-order valence-corrected chi connectivity index (χ3v) is 7.08. The van der Waals surface area contributed by atoms with Crippen LogP contribution in [0.25, 0.3) is 10.1 Å². The molecule has 0 spiro atoms. The predicted octanol–water partition coefficient (Wildman–Crippen LogP) is 6.07. The number of hydrogen-bond donors (Lipinski definition) is 1. The van der Waals surface area contributed by atoms with Crippen molar-refractivity contribution in [1.82, 2.24) is 0 Å². The summed E-state index contributed by atoms with van der Waals surface area (Å²) in [6.45, 7) is 6.95. The molecule has 106 valence electrons. The maximum absolute atomic E-state index is 2.52. The van der Waals surface area contributed by atoms with E-state index in [0.29, 0.717) is 11.8 Å². The third-order valence-electron chi connectivity index (χ3n) is 3.97. The van der Waals surface area contributed by atoms with Gasteiger partial charge >= 0.3 is 0 Å². The van der Waals surface area contributed by atoms with E-state index in [1.807, 2.05) is 11.3 Å². The number of thiophene rings is 1. The van der Waals surface area contributed by atoms with Gasteiger partial charge in [-0.25, -0.2) is 10.9 Å². The molecule has 2 heteroatoms. The molecule has 0 saturated heterocycles. The first kappa shape index (κ1) is 14.0. The lowest BCUT2D eigenvalue weighted by Gasteiger charge is -2.17. The Hall–Kier alpha value is -0.990. The van der Waals surface area contributed by atoms with Crippen molar-refractivity contribution in [1.29, 1.82) is 0 Å². The fourth-order valence-electron chi connectivity index (χ4n) is 2.71. The van der Waals surface area contributed by atoms with E-state index >= 15 is 0 Å². The molecule has 0 saturated carbocycles. The van der Waals surface area contributed by atoms with Crippen molar-refractivity contribution < 1.29 is 0 Å². The van der Waals surface area contributed by atoms with Gasteiger partial charge in [0, 0.05) is 4.70 Å². The van der Waals surface area contributed by atoms with Crippen molar-refractivity contribution in [3.8, 4) is 0 Å². The Morgan fingerprint density at radius 2 is 1.95 bits per heavy atom. The molecular formula is C18H22S2. The monoisotopic (exact) mass is 302 g/mol. The Morgan fingerprint density at radius 3 is 2.70 bits per heavy atom. The summed E-state index contributed by atoms with van der Waals surface area (Å²) in [6.07, 6.45) is 2.34. The van der Waals surface area contributed by atoms with Crippen LogP contribution in [0.5, 0.6) is 0 Å². The van der Waals surface area contributed by atoms with Crippen molar-refractivity contribution in [2.75, 3.05) is 5.75 Å². The van der Waals surface area contributed by atoms with Gasteiger partial charge in [0.15, 0.2) is 0 Å². The van der Waals surface area contributed by atoms with Crippen LogP contribution in [0.2, 0.25) is 0 Å². The molecule has 1 aliphatic heterocycles. The van der Waals surface area contributed by atoms with E-state index in [2.05, 4.69) is 67.3 Å². The molecule has 2 unspecified atom stereocenters. The molecule has 0 bridgehead atoms. The highest BCUT2D eigenvalue weighted by atomic mass is 32.2.